The van der Waals surface area contributed by atoms with Crippen molar-refractivity contribution in [3.8, 4) is 0 Å². The standard InChI is InChI=1S/C13H19ClN2/c1-10(2)9-16(12-3-4-12)13-7-11(8-14)5-6-15-13/h5-7,10,12H,3-4,8-9H2,1-2H3. The van der Waals surface area contributed by atoms with Crippen molar-refractivity contribution in [3.63, 3.8) is 0 Å². The number of alkyl halides is 1. The minimum Gasteiger partial charge on any atom is -0.353 e. The van der Waals surface area contributed by atoms with Gasteiger partial charge in [0.2, 0.25) is 0 Å². The van der Waals surface area contributed by atoms with Crippen molar-refractivity contribution in [1.82, 2.24) is 4.98 Å². The molecule has 0 unspecified atom stereocenters. The molecule has 88 valence electrons. The van der Waals surface area contributed by atoms with Gasteiger partial charge in [-0.2, -0.15) is 0 Å². The molecular weight excluding hydrogens is 220 g/mol. The maximum atomic E-state index is 5.86. The molecule has 0 spiro atoms. The van der Waals surface area contributed by atoms with Crippen molar-refractivity contribution in [2.24, 2.45) is 5.92 Å². The highest BCUT2D eigenvalue weighted by atomic mass is 35.5. The number of hydrogen-bond donors (Lipinski definition) is 0. The lowest BCUT2D eigenvalue weighted by molar-refractivity contribution is 0.602. The predicted molar refractivity (Wildman–Crippen MR) is 69.0 cm³/mol. The second-order valence-electron chi connectivity index (χ2n) is 4.93. The summed E-state index contributed by atoms with van der Waals surface area (Å²) >= 11 is 5.86. The summed E-state index contributed by atoms with van der Waals surface area (Å²) in [7, 11) is 0. The minimum atomic E-state index is 0.565. The Morgan fingerprint density at radius 3 is 2.81 bits per heavy atom. The van der Waals surface area contributed by atoms with Crippen LogP contribution in [0.4, 0.5) is 5.82 Å². The van der Waals surface area contributed by atoms with Crippen LogP contribution in [0.3, 0.4) is 0 Å². The average Bonchev–Trinajstić information content (AvgIpc) is 3.09. The summed E-state index contributed by atoms with van der Waals surface area (Å²) in [5.74, 6) is 2.33. The van der Waals surface area contributed by atoms with Crippen LogP contribution in [0.25, 0.3) is 0 Å². The molecule has 0 bridgehead atoms. The van der Waals surface area contributed by atoms with Gasteiger partial charge in [-0.25, -0.2) is 4.98 Å². The topological polar surface area (TPSA) is 16.1 Å². The fourth-order valence-electron chi connectivity index (χ4n) is 1.91. The Kier molecular flexibility index (Phi) is 3.70. The van der Waals surface area contributed by atoms with E-state index in [1.807, 2.05) is 12.3 Å². The molecule has 3 heteroatoms. The van der Waals surface area contributed by atoms with Crippen molar-refractivity contribution >= 4 is 17.4 Å². The quantitative estimate of drug-likeness (QED) is 0.731. The molecule has 2 rings (SSSR count). The number of anilines is 1. The van der Waals surface area contributed by atoms with E-state index in [9.17, 15) is 0 Å². The lowest BCUT2D eigenvalue weighted by Gasteiger charge is -2.25. The first-order valence-corrected chi connectivity index (χ1v) is 6.51. The molecule has 0 amide bonds. The van der Waals surface area contributed by atoms with Gasteiger partial charge in [0.1, 0.15) is 5.82 Å². The van der Waals surface area contributed by atoms with Crippen LogP contribution in [-0.2, 0) is 5.88 Å². The molecule has 0 atom stereocenters. The molecule has 1 heterocycles. The van der Waals surface area contributed by atoms with Crippen molar-refractivity contribution in [1.29, 1.82) is 0 Å². The molecule has 1 fully saturated rings. The van der Waals surface area contributed by atoms with Crippen LogP contribution in [-0.4, -0.2) is 17.6 Å². The summed E-state index contributed by atoms with van der Waals surface area (Å²) in [6, 6.07) is 4.81. The van der Waals surface area contributed by atoms with Crippen molar-refractivity contribution < 1.29 is 0 Å². The molecule has 16 heavy (non-hydrogen) atoms. The smallest absolute Gasteiger partial charge is 0.129 e. The highest BCUT2D eigenvalue weighted by Gasteiger charge is 2.30. The highest BCUT2D eigenvalue weighted by Crippen LogP contribution is 2.31. The van der Waals surface area contributed by atoms with E-state index in [-0.39, 0.29) is 0 Å². The molecule has 1 aliphatic rings. The van der Waals surface area contributed by atoms with Crippen LogP contribution in [0.1, 0.15) is 32.3 Å². The number of pyridine rings is 1. The first kappa shape index (κ1) is 11.7. The number of nitrogens with zero attached hydrogens (tertiary/aromatic N) is 2. The van der Waals surface area contributed by atoms with Gasteiger partial charge in [-0.05, 0) is 36.5 Å². The van der Waals surface area contributed by atoms with E-state index < -0.39 is 0 Å². The fourth-order valence-corrected chi connectivity index (χ4v) is 2.08. The molecular formula is C13H19ClN2. The molecule has 1 aromatic heterocycles. The molecule has 0 aliphatic heterocycles. The molecule has 0 saturated heterocycles. The third-order valence-corrected chi connectivity index (χ3v) is 3.12. The van der Waals surface area contributed by atoms with Gasteiger partial charge in [-0.1, -0.05) is 13.8 Å². The fraction of sp³-hybridized carbons (Fsp3) is 0.615. The lowest BCUT2D eigenvalue weighted by atomic mass is 10.2. The van der Waals surface area contributed by atoms with Crippen LogP contribution >= 0.6 is 11.6 Å². The number of hydrogen-bond acceptors (Lipinski definition) is 2. The zero-order valence-electron chi connectivity index (χ0n) is 9.99. The second-order valence-corrected chi connectivity index (χ2v) is 5.20. The Morgan fingerprint density at radius 1 is 1.50 bits per heavy atom. The van der Waals surface area contributed by atoms with Crippen molar-refractivity contribution in [2.75, 3.05) is 11.4 Å². The van der Waals surface area contributed by atoms with E-state index in [0.29, 0.717) is 17.8 Å². The Bertz CT molecular complexity index is 348. The van der Waals surface area contributed by atoms with Gasteiger partial charge in [-0.15, -0.1) is 11.6 Å². The summed E-state index contributed by atoms with van der Waals surface area (Å²) in [6.45, 7) is 5.59. The molecule has 1 aromatic rings. The maximum absolute atomic E-state index is 5.86. The molecule has 0 radical (unpaired) electrons. The summed E-state index contributed by atoms with van der Waals surface area (Å²) < 4.78 is 0. The van der Waals surface area contributed by atoms with Gasteiger partial charge in [-0.3, -0.25) is 0 Å². The first-order valence-electron chi connectivity index (χ1n) is 5.98. The Morgan fingerprint density at radius 2 is 2.25 bits per heavy atom. The van der Waals surface area contributed by atoms with Gasteiger partial charge >= 0.3 is 0 Å². The minimum absolute atomic E-state index is 0.565. The van der Waals surface area contributed by atoms with E-state index in [4.69, 9.17) is 11.6 Å². The van der Waals surface area contributed by atoms with Crippen LogP contribution in [0, 0.1) is 5.92 Å². The Hall–Kier alpha value is -0.760. The van der Waals surface area contributed by atoms with Crippen LogP contribution in [0.15, 0.2) is 18.3 Å². The Labute approximate surface area is 103 Å². The summed E-state index contributed by atoms with van der Waals surface area (Å²) in [5.41, 5.74) is 1.15. The first-order chi connectivity index (χ1) is 7.70. The van der Waals surface area contributed by atoms with Crippen LogP contribution in [0.2, 0.25) is 0 Å². The summed E-state index contributed by atoms with van der Waals surface area (Å²) in [6.07, 6.45) is 4.47. The second kappa shape index (κ2) is 5.05. The van der Waals surface area contributed by atoms with Gasteiger partial charge in [0.25, 0.3) is 0 Å². The molecule has 0 N–H and O–H groups in total. The van der Waals surface area contributed by atoms with E-state index in [2.05, 4.69) is 29.8 Å². The number of halogens is 1. The van der Waals surface area contributed by atoms with E-state index >= 15 is 0 Å². The monoisotopic (exact) mass is 238 g/mol. The molecule has 0 aromatic carbocycles. The summed E-state index contributed by atoms with van der Waals surface area (Å²) in [4.78, 5) is 6.90. The zero-order chi connectivity index (χ0) is 11.5. The third kappa shape index (κ3) is 2.88. The number of rotatable bonds is 5. The van der Waals surface area contributed by atoms with Gasteiger partial charge in [0.05, 0.1) is 0 Å². The van der Waals surface area contributed by atoms with Gasteiger partial charge < -0.3 is 4.90 Å². The molecule has 2 nitrogen and oxygen atoms in total. The van der Waals surface area contributed by atoms with Gasteiger partial charge in [0, 0.05) is 24.7 Å². The predicted octanol–water partition coefficient (Wildman–Crippen LogP) is 3.45. The lowest BCUT2D eigenvalue weighted by Crippen LogP contribution is -2.30. The van der Waals surface area contributed by atoms with E-state index in [1.54, 1.807) is 0 Å². The van der Waals surface area contributed by atoms with Crippen LogP contribution in [0.5, 0.6) is 0 Å². The third-order valence-electron chi connectivity index (χ3n) is 2.81. The average molecular weight is 239 g/mol. The van der Waals surface area contributed by atoms with Crippen molar-refractivity contribution in [3.05, 3.63) is 23.9 Å². The zero-order valence-corrected chi connectivity index (χ0v) is 10.7. The van der Waals surface area contributed by atoms with Gasteiger partial charge in [0.15, 0.2) is 0 Å². The Balaban J connectivity index is 2.16. The van der Waals surface area contributed by atoms with E-state index in [0.717, 1.165) is 17.9 Å². The molecule has 1 saturated carbocycles. The van der Waals surface area contributed by atoms with E-state index in [1.165, 1.54) is 12.8 Å². The maximum Gasteiger partial charge on any atom is 0.129 e. The SMILES string of the molecule is CC(C)CN(c1cc(CCl)ccn1)C1CC1. The highest BCUT2D eigenvalue weighted by molar-refractivity contribution is 6.17. The van der Waals surface area contributed by atoms with Crippen LogP contribution < -0.4 is 4.90 Å². The summed E-state index contributed by atoms with van der Waals surface area (Å²) in [5, 5.41) is 0. The molecule has 1 aliphatic carbocycles. The largest absolute Gasteiger partial charge is 0.353 e. The van der Waals surface area contributed by atoms with Crippen molar-refractivity contribution in [2.45, 2.75) is 38.6 Å². The number of aromatic nitrogens is 1. The normalized spacial score (nSPS) is 15.5.